The third kappa shape index (κ3) is 7.75. The van der Waals surface area contributed by atoms with Crippen LogP contribution in [0.5, 0.6) is 0 Å². The molecule has 1 unspecified atom stereocenters. The van der Waals surface area contributed by atoms with Gasteiger partial charge in [0.15, 0.2) is 0 Å². The van der Waals surface area contributed by atoms with Crippen molar-refractivity contribution in [3.05, 3.63) is 81.6 Å². The van der Waals surface area contributed by atoms with Gasteiger partial charge in [0, 0.05) is 0 Å². The second kappa shape index (κ2) is 12.1. The maximum atomic E-state index is 3.94. The first-order valence-electron chi connectivity index (χ1n) is 12.6. The first kappa shape index (κ1) is 33.5. The van der Waals surface area contributed by atoms with E-state index in [0.29, 0.717) is 5.92 Å². The Morgan fingerprint density at radius 3 is 1.97 bits per heavy atom. The van der Waals surface area contributed by atoms with Crippen molar-refractivity contribution >= 4 is 11.3 Å². The van der Waals surface area contributed by atoms with Gasteiger partial charge in [-0.25, -0.2) is 0 Å². The van der Waals surface area contributed by atoms with Crippen LogP contribution >= 0.6 is 0 Å². The zero-order valence-electron chi connectivity index (χ0n) is 24.1. The predicted octanol–water partition coefficient (Wildman–Crippen LogP) is 2.86. The number of rotatable bonds is 2. The van der Waals surface area contributed by atoms with E-state index >= 15 is 0 Å². The van der Waals surface area contributed by atoms with Gasteiger partial charge in [-0.1, -0.05) is 119 Å². The summed E-state index contributed by atoms with van der Waals surface area (Å²) in [5.41, 5.74) is 10.2. The van der Waals surface area contributed by atoms with Crippen molar-refractivity contribution in [2.45, 2.75) is 98.2 Å². The van der Waals surface area contributed by atoms with Crippen LogP contribution in [0.3, 0.4) is 0 Å². The van der Waals surface area contributed by atoms with Gasteiger partial charge in [0.2, 0.25) is 0 Å². The van der Waals surface area contributed by atoms with Crippen LogP contribution in [-0.2, 0) is 41.5 Å². The van der Waals surface area contributed by atoms with Gasteiger partial charge in [0.1, 0.15) is 0 Å². The number of fused-ring (bicyclic) bond motifs is 3. The fraction of sp³-hybridized carbons (Fsp3) is 0.469. The van der Waals surface area contributed by atoms with Gasteiger partial charge in [-0.2, -0.15) is 12.1 Å². The van der Waals surface area contributed by atoms with E-state index in [9.17, 15) is 0 Å². The summed E-state index contributed by atoms with van der Waals surface area (Å²) < 4.78 is 1.51. The third-order valence-electron chi connectivity index (χ3n) is 6.67. The van der Waals surface area contributed by atoms with Crippen LogP contribution < -0.4 is 24.8 Å². The van der Waals surface area contributed by atoms with Crippen LogP contribution in [0.4, 0.5) is 0 Å². The van der Waals surface area contributed by atoms with Gasteiger partial charge in [-0.15, -0.1) is 22.3 Å². The molecule has 0 amide bonds. The van der Waals surface area contributed by atoms with Gasteiger partial charge in [-0.3, -0.25) is 0 Å². The molecule has 1 atom stereocenters. The van der Waals surface area contributed by atoms with Crippen molar-refractivity contribution in [3.8, 4) is 11.1 Å². The molecule has 2 aliphatic rings. The van der Waals surface area contributed by atoms with E-state index in [4.69, 9.17) is 0 Å². The van der Waals surface area contributed by atoms with Gasteiger partial charge in [0.25, 0.3) is 0 Å². The quantitative estimate of drug-likeness (QED) is 0.307. The van der Waals surface area contributed by atoms with Crippen LogP contribution in [0.25, 0.3) is 11.1 Å². The topological polar surface area (TPSA) is 0 Å². The van der Waals surface area contributed by atoms with Crippen molar-refractivity contribution in [2.75, 3.05) is 0 Å². The molecule has 4 heteroatoms. The first-order chi connectivity index (χ1) is 15.5. The fourth-order valence-electron chi connectivity index (χ4n) is 4.70. The molecule has 36 heavy (non-hydrogen) atoms. The minimum Gasteiger partial charge on any atom is -1.00 e. The Kier molecular flexibility index (Phi) is 11.3. The molecule has 0 spiro atoms. The molecule has 0 bridgehead atoms. The van der Waals surface area contributed by atoms with E-state index in [-0.39, 0.29) is 35.6 Å². The Hall–Kier alpha value is -0.530. The van der Waals surface area contributed by atoms with Crippen molar-refractivity contribution in [2.24, 2.45) is 0 Å². The molecule has 4 rings (SSSR count). The maximum Gasteiger partial charge on any atom is -1.00 e. The zero-order chi connectivity index (χ0) is 25.6. The van der Waals surface area contributed by atoms with Crippen LogP contribution in [0.1, 0.15) is 89.1 Å². The summed E-state index contributed by atoms with van der Waals surface area (Å²) in [6, 6.07) is 13.5. The minimum absolute atomic E-state index is 0. The normalized spacial score (nSPS) is 16.1. The van der Waals surface area contributed by atoms with Crippen molar-refractivity contribution < 1.29 is 49.0 Å². The molecule has 0 radical (unpaired) electrons. The molecule has 2 aromatic rings. The Balaban J connectivity index is 0.00000101. The van der Waals surface area contributed by atoms with Gasteiger partial charge < -0.3 is 24.8 Å². The van der Waals surface area contributed by atoms with Crippen LogP contribution in [0.2, 0.25) is 19.6 Å². The Bertz CT molecular complexity index is 1160. The molecule has 2 aromatic carbocycles. The van der Waals surface area contributed by atoms with E-state index in [2.05, 4.69) is 124 Å². The summed E-state index contributed by atoms with van der Waals surface area (Å²) in [5, 5.41) is 1.57. The van der Waals surface area contributed by atoms with E-state index in [0.717, 1.165) is 6.42 Å². The SMILES string of the molecule is CC(C)(C)c1ccc2c(c1)-c1cc(C(C)(C)C)c(C3C=CC([Si](C)(C)C)=C3)[c-]c1C2.C[C](C)=[Zr+2].[Cl-].[Cl-]. The Labute approximate surface area is 249 Å². The van der Waals surface area contributed by atoms with Crippen molar-refractivity contribution in [1.82, 2.24) is 0 Å². The maximum absolute atomic E-state index is 3.94. The Morgan fingerprint density at radius 1 is 0.917 bits per heavy atom. The number of hydrogen-bond donors (Lipinski definition) is 0. The summed E-state index contributed by atoms with van der Waals surface area (Å²) >= 11 is 1.55. The summed E-state index contributed by atoms with van der Waals surface area (Å²) in [7, 11) is -1.30. The van der Waals surface area contributed by atoms with Gasteiger partial charge >= 0.3 is 41.3 Å². The molecular weight excluding hydrogens is 575 g/mol. The number of benzene rings is 2. The third-order valence-corrected chi connectivity index (χ3v) is 8.74. The molecular formula is C32H43Cl2SiZr-. The molecule has 0 saturated heterocycles. The standard InChI is InChI=1S/C29H37Si.C3H6.2ClH.Zr/c1-28(2,3)22-12-10-19-14-21-16-26(20-11-13-23(15-20)30(7,8)9)27(29(4,5)6)18-25(21)24(19)17-22;1-3-2;;;/h10-13,15,17-18,20H,14H2,1-9H3;1-2H3;2*1H;/q-1;;;;+2/p-2. The molecule has 2 aliphatic carbocycles. The van der Waals surface area contributed by atoms with Gasteiger partial charge in [-0.05, 0) is 23.3 Å². The molecule has 0 aromatic heterocycles. The van der Waals surface area contributed by atoms with Crippen LogP contribution in [-0.4, -0.2) is 11.3 Å². The Morgan fingerprint density at radius 2 is 1.50 bits per heavy atom. The first-order valence-corrected chi connectivity index (χ1v) is 17.4. The van der Waals surface area contributed by atoms with Gasteiger partial charge in [0.05, 0.1) is 8.07 Å². The summed E-state index contributed by atoms with van der Waals surface area (Å²) in [4.78, 5) is 0. The molecule has 0 N–H and O–H groups in total. The second-order valence-electron chi connectivity index (χ2n) is 13.3. The van der Waals surface area contributed by atoms with Crippen molar-refractivity contribution in [3.63, 3.8) is 0 Å². The molecule has 194 valence electrons. The molecule has 0 fully saturated rings. The average Bonchev–Trinajstić information content (AvgIpc) is 3.29. The fourth-order valence-corrected chi connectivity index (χ4v) is 5.98. The number of halogens is 2. The number of allylic oxidation sites excluding steroid dienone is 4. The largest absolute Gasteiger partial charge is 1.00 e. The average molecular weight is 618 g/mol. The number of hydrogen-bond acceptors (Lipinski definition) is 0. The van der Waals surface area contributed by atoms with Crippen LogP contribution in [0, 0.1) is 6.07 Å². The molecule has 0 heterocycles. The van der Waals surface area contributed by atoms with E-state index in [1.165, 1.54) is 42.2 Å². The second-order valence-corrected chi connectivity index (χ2v) is 20.8. The summed E-state index contributed by atoms with van der Waals surface area (Å²) in [6.07, 6.45) is 8.31. The van der Waals surface area contributed by atoms with Crippen molar-refractivity contribution in [1.29, 1.82) is 0 Å². The smallest absolute Gasteiger partial charge is 1.00 e. The predicted molar refractivity (Wildman–Crippen MR) is 151 cm³/mol. The van der Waals surface area contributed by atoms with E-state index in [1.807, 2.05) is 0 Å². The molecule has 0 aliphatic heterocycles. The monoisotopic (exact) mass is 615 g/mol. The molecule has 0 saturated carbocycles. The minimum atomic E-state index is -1.30. The summed E-state index contributed by atoms with van der Waals surface area (Å²) in [6.45, 7) is 25.5. The summed E-state index contributed by atoms with van der Waals surface area (Å²) in [5.74, 6) is 0.361. The zero-order valence-corrected chi connectivity index (χ0v) is 29.1. The van der Waals surface area contributed by atoms with Crippen LogP contribution in [0.15, 0.2) is 47.7 Å². The van der Waals surface area contributed by atoms with E-state index < -0.39 is 8.07 Å². The molecule has 0 nitrogen and oxygen atoms in total. The van der Waals surface area contributed by atoms with E-state index in [1.54, 1.807) is 29.4 Å².